The molecule has 0 aromatic heterocycles. The molecule has 0 aromatic rings. The molecule has 11 heavy (non-hydrogen) atoms. The molecule has 0 aliphatic carbocycles. The van der Waals surface area contributed by atoms with Crippen LogP contribution in [0.1, 0.15) is 26.2 Å². The molecule has 0 heterocycles. The van der Waals surface area contributed by atoms with Gasteiger partial charge in [-0.3, -0.25) is 4.79 Å². The molecule has 4 heteroatoms. The topological polar surface area (TPSA) is 66.7 Å². The lowest BCUT2D eigenvalue weighted by Gasteiger charge is -2.03. The SMILES string of the molecule is CCC(CCC(=O)O)N=C=O. The molecule has 1 N–H and O–H groups in total. The molecule has 0 aromatic carbocycles. The smallest absolute Gasteiger partial charge is 0.303 e. The van der Waals surface area contributed by atoms with Crippen LogP contribution in [-0.4, -0.2) is 23.2 Å². The van der Waals surface area contributed by atoms with Crippen LogP contribution in [-0.2, 0) is 9.59 Å². The molecule has 62 valence electrons. The van der Waals surface area contributed by atoms with Gasteiger partial charge in [-0.2, -0.15) is 0 Å². The first kappa shape index (κ1) is 9.85. The maximum atomic E-state index is 10.1. The van der Waals surface area contributed by atoms with Crippen molar-refractivity contribution in [3.05, 3.63) is 0 Å². The first-order valence-electron chi connectivity index (χ1n) is 3.49. The number of hydrogen-bond acceptors (Lipinski definition) is 3. The average Bonchev–Trinajstić information content (AvgIpc) is 1.97. The lowest BCUT2D eigenvalue weighted by Crippen LogP contribution is -2.05. The molecule has 4 nitrogen and oxygen atoms in total. The molecule has 0 aliphatic heterocycles. The van der Waals surface area contributed by atoms with Crippen molar-refractivity contribution in [1.82, 2.24) is 0 Å². The second-order valence-electron chi connectivity index (χ2n) is 2.21. The largest absolute Gasteiger partial charge is 0.481 e. The third kappa shape index (κ3) is 5.30. The molecular weight excluding hydrogens is 146 g/mol. The van der Waals surface area contributed by atoms with Crippen molar-refractivity contribution in [1.29, 1.82) is 0 Å². The summed E-state index contributed by atoms with van der Waals surface area (Å²) in [6.07, 6.45) is 2.58. The lowest BCUT2D eigenvalue weighted by molar-refractivity contribution is -0.137. The van der Waals surface area contributed by atoms with E-state index in [1.807, 2.05) is 6.92 Å². The second kappa shape index (κ2) is 5.62. The van der Waals surface area contributed by atoms with Gasteiger partial charge in [-0.25, -0.2) is 9.79 Å². The number of carbonyl (C=O) groups excluding carboxylic acids is 1. The highest BCUT2D eigenvalue weighted by atomic mass is 16.4. The van der Waals surface area contributed by atoms with Crippen LogP contribution in [0.5, 0.6) is 0 Å². The maximum Gasteiger partial charge on any atom is 0.303 e. The summed E-state index contributed by atoms with van der Waals surface area (Å²) in [5.74, 6) is -0.857. The summed E-state index contributed by atoms with van der Waals surface area (Å²) in [6.45, 7) is 1.85. The molecule has 1 unspecified atom stereocenters. The minimum Gasteiger partial charge on any atom is -0.481 e. The van der Waals surface area contributed by atoms with E-state index < -0.39 is 5.97 Å². The summed E-state index contributed by atoms with van der Waals surface area (Å²) in [5, 5.41) is 8.29. The van der Waals surface area contributed by atoms with E-state index in [0.717, 1.165) is 0 Å². The van der Waals surface area contributed by atoms with Crippen molar-refractivity contribution >= 4 is 12.0 Å². The van der Waals surface area contributed by atoms with Crippen molar-refractivity contribution in [2.45, 2.75) is 32.2 Å². The Hall–Kier alpha value is -1.15. The second-order valence-corrected chi connectivity index (χ2v) is 2.21. The monoisotopic (exact) mass is 157 g/mol. The first-order chi connectivity index (χ1) is 5.20. The highest BCUT2D eigenvalue weighted by molar-refractivity contribution is 5.66. The number of carbonyl (C=O) groups is 1. The Labute approximate surface area is 64.9 Å². The number of rotatable bonds is 5. The van der Waals surface area contributed by atoms with Crippen molar-refractivity contribution in [2.24, 2.45) is 4.99 Å². The predicted molar refractivity (Wildman–Crippen MR) is 39.1 cm³/mol. The number of nitrogens with zero attached hydrogens (tertiary/aromatic N) is 1. The highest BCUT2D eigenvalue weighted by Crippen LogP contribution is 2.04. The van der Waals surface area contributed by atoms with Gasteiger partial charge in [-0.15, -0.1) is 0 Å². The standard InChI is InChI=1S/C7H11NO3/c1-2-6(8-5-9)3-4-7(10)11/h6H,2-4H2,1H3,(H,10,11). The maximum absolute atomic E-state index is 10.1. The number of hydrogen-bond donors (Lipinski definition) is 1. The zero-order valence-electron chi connectivity index (χ0n) is 6.41. The Morgan fingerprint density at radius 2 is 2.36 bits per heavy atom. The van der Waals surface area contributed by atoms with E-state index in [0.29, 0.717) is 12.8 Å². The van der Waals surface area contributed by atoms with Gasteiger partial charge in [0.2, 0.25) is 6.08 Å². The number of aliphatic imine (C=N–C) groups is 1. The molecule has 0 rings (SSSR count). The lowest BCUT2D eigenvalue weighted by atomic mass is 10.1. The van der Waals surface area contributed by atoms with Crippen molar-refractivity contribution < 1.29 is 14.7 Å². The number of aliphatic carboxylic acids is 1. The van der Waals surface area contributed by atoms with Crippen LogP contribution >= 0.6 is 0 Å². The predicted octanol–water partition coefficient (Wildman–Crippen LogP) is 0.966. The van der Waals surface area contributed by atoms with Gasteiger partial charge < -0.3 is 5.11 Å². The van der Waals surface area contributed by atoms with Gasteiger partial charge >= 0.3 is 5.97 Å². The van der Waals surface area contributed by atoms with Gasteiger partial charge in [0.15, 0.2) is 0 Å². The van der Waals surface area contributed by atoms with Crippen LogP contribution in [0.15, 0.2) is 4.99 Å². The Balaban J connectivity index is 3.69. The molecule has 0 aliphatic rings. The van der Waals surface area contributed by atoms with Crippen molar-refractivity contribution in [3.63, 3.8) is 0 Å². The Kier molecular flexibility index (Phi) is 5.03. The molecule has 0 saturated carbocycles. The molecule has 0 radical (unpaired) electrons. The fourth-order valence-corrected chi connectivity index (χ4v) is 0.725. The van der Waals surface area contributed by atoms with Crippen LogP contribution in [0.3, 0.4) is 0 Å². The fraction of sp³-hybridized carbons (Fsp3) is 0.714. The van der Waals surface area contributed by atoms with E-state index in [-0.39, 0.29) is 12.5 Å². The Morgan fingerprint density at radius 1 is 1.73 bits per heavy atom. The summed E-state index contributed by atoms with van der Waals surface area (Å²) in [4.78, 5) is 23.3. The molecule has 0 fully saturated rings. The molecule has 0 bridgehead atoms. The first-order valence-corrected chi connectivity index (χ1v) is 3.49. The summed E-state index contributed by atoms with van der Waals surface area (Å²) in [5.41, 5.74) is 0. The molecule has 0 saturated heterocycles. The Bertz CT molecular complexity index is 173. The molecule has 0 spiro atoms. The van der Waals surface area contributed by atoms with Crippen LogP contribution < -0.4 is 0 Å². The van der Waals surface area contributed by atoms with E-state index in [1.165, 1.54) is 6.08 Å². The third-order valence-corrected chi connectivity index (χ3v) is 1.40. The van der Waals surface area contributed by atoms with E-state index in [2.05, 4.69) is 4.99 Å². The van der Waals surface area contributed by atoms with Gasteiger partial charge in [0.05, 0.1) is 6.04 Å². The Morgan fingerprint density at radius 3 is 2.73 bits per heavy atom. The summed E-state index contributed by atoms with van der Waals surface area (Å²) >= 11 is 0. The van der Waals surface area contributed by atoms with Gasteiger partial charge in [0.25, 0.3) is 0 Å². The van der Waals surface area contributed by atoms with Crippen LogP contribution in [0.25, 0.3) is 0 Å². The fourth-order valence-electron chi connectivity index (χ4n) is 0.725. The highest BCUT2D eigenvalue weighted by Gasteiger charge is 2.05. The number of isocyanates is 1. The van der Waals surface area contributed by atoms with E-state index >= 15 is 0 Å². The van der Waals surface area contributed by atoms with E-state index in [4.69, 9.17) is 5.11 Å². The van der Waals surface area contributed by atoms with Gasteiger partial charge in [0.1, 0.15) is 0 Å². The normalized spacial score (nSPS) is 11.7. The number of carboxylic acids is 1. The van der Waals surface area contributed by atoms with Gasteiger partial charge in [-0.1, -0.05) is 6.92 Å². The average molecular weight is 157 g/mol. The minimum atomic E-state index is -0.857. The van der Waals surface area contributed by atoms with E-state index in [9.17, 15) is 9.59 Å². The number of carboxylic acid groups (broad SMARTS) is 1. The summed E-state index contributed by atoms with van der Waals surface area (Å²) < 4.78 is 0. The quantitative estimate of drug-likeness (QED) is 0.477. The molecule has 1 atom stereocenters. The zero-order chi connectivity index (χ0) is 8.69. The van der Waals surface area contributed by atoms with Crippen molar-refractivity contribution in [3.8, 4) is 0 Å². The van der Waals surface area contributed by atoms with Crippen LogP contribution in [0.2, 0.25) is 0 Å². The van der Waals surface area contributed by atoms with E-state index in [1.54, 1.807) is 0 Å². The third-order valence-electron chi connectivity index (χ3n) is 1.40. The molecular formula is C7H11NO3. The summed E-state index contributed by atoms with van der Waals surface area (Å²) in [6, 6.07) is -0.177. The van der Waals surface area contributed by atoms with Crippen molar-refractivity contribution in [2.75, 3.05) is 0 Å². The minimum absolute atomic E-state index is 0.0592. The van der Waals surface area contributed by atoms with Gasteiger partial charge in [-0.05, 0) is 12.8 Å². The van der Waals surface area contributed by atoms with Gasteiger partial charge in [0, 0.05) is 6.42 Å². The van der Waals surface area contributed by atoms with Crippen LogP contribution in [0, 0.1) is 0 Å². The zero-order valence-corrected chi connectivity index (χ0v) is 6.41. The van der Waals surface area contributed by atoms with Crippen LogP contribution in [0.4, 0.5) is 0 Å². The molecule has 0 amide bonds. The summed E-state index contributed by atoms with van der Waals surface area (Å²) in [7, 11) is 0.